The topological polar surface area (TPSA) is 20.3 Å². The maximum absolute atomic E-state index is 12.4. The Bertz CT molecular complexity index is 376. The molecule has 0 radical (unpaired) electrons. The van der Waals surface area contributed by atoms with Crippen molar-refractivity contribution in [3.05, 3.63) is 35.8 Å². The lowest BCUT2D eigenvalue weighted by Crippen LogP contribution is -2.47. The molecule has 0 saturated heterocycles. The second-order valence-corrected chi connectivity index (χ2v) is 5.68. The largest absolute Gasteiger partial charge is 0.345 e. The minimum Gasteiger partial charge on any atom is -0.345 e. The Labute approximate surface area is 116 Å². The van der Waals surface area contributed by atoms with Gasteiger partial charge < -0.3 is 4.90 Å². The minimum absolute atomic E-state index is 0.176. The van der Waals surface area contributed by atoms with Gasteiger partial charge in [0.1, 0.15) is 0 Å². The fraction of sp³-hybridized carbons (Fsp3) is 0.533. The second-order valence-electron chi connectivity index (χ2n) is 5.11. The van der Waals surface area contributed by atoms with Crippen LogP contribution < -0.4 is 0 Å². The van der Waals surface area contributed by atoms with Crippen LogP contribution in [0.2, 0.25) is 0 Å². The Morgan fingerprint density at radius 1 is 1.56 bits per heavy atom. The molecule has 1 aliphatic carbocycles. The third-order valence-corrected chi connectivity index (χ3v) is 4.04. The second kappa shape index (κ2) is 6.28. The number of carbonyl (C=O) groups excluding carboxylic acids is 1. The number of amides is 1. The molecule has 0 N–H and O–H groups in total. The van der Waals surface area contributed by atoms with Gasteiger partial charge in [-0.15, -0.1) is 12.6 Å². The standard InChI is InChI=1S/C15H23NOS/c1-5-7-13(18)8-9-16(4)14(17)15(6-2)10-12(3)11-15/h5,7,18H,1,3,6,8-11H2,2,4H3/b13-7-. The van der Waals surface area contributed by atoms with Crippen LogP contribution in [0.25, 0.3) is 0 Å². The number of hydrogen-bond donors (Lipinski definition) is 1. The van der Waals surface area contributed by atoms with Crippen molar-refractivity contribution in [3.63, 3.8) is 0 Å². The SMILES string of the molecule is C=C/C=C(\S)CCN(C)C(=O)C1(CC)CC(=C)C1. The number of thiol groups is 1. The lowest BCUT2D eigenvalue weighted by atomic mass is 9.63. The smallest absolute Gasteiger partial charge is 0.229 e. The summed E-state index contributed by atoms with van der Waals surface area (Å²) < 4.78 is 0. The van der Waals surface area contributed by atoms with Crippen LogP contribution in [0.3, 0.4) is 0 Å². The lowest BCUT2D eigenvalue weighted by molar-refractivity contribution is -0.143. The first-order chi connectivity index (χ1) is 8.45. The normalized spacial score (nSPS) is 18.2. The van der Waals surface area contributed by atoms with Gasteiger partial charge in [-0.1, -0.05) is 37.8 Å². The van der Waals surface area contributed by atoms with E-state index in [9.17, 15) is 4.79 Å². The third-order valence-electron chi connectivity index (χ3n) is 3.67. The molecule has 0 atom stereocenters. The maximum Gasteiger partial charge on any atom is 0.229 e. The van der Waals surface area contributed by atoms with Crippen molar-refractivity contribution in [3.8, 4) is 0 Å². The van der Waals surface area contributed by atoms with Crippen molar-refractivity contribution in [1.29, 1.82) is 0 Å². The molecule has 0 aromatic carbocycles. The zero-order chi connectivity index (χ0) is 13.8. The Morgan fingerprint density at radius 3 is 2.61 bits per heavy atom. The molecule has 1 amide bonds. The molecule has 3 heteroatoms. The predicted octanol–water partition coefficient (Wildman–Crippen LogP) is 3.58. The first kappa shape index (κ1) is 15.1. The van der Waals surface area contributed by atoms with E-state index < -0.39 is 0 Å². The molecule has 1 aliphatic rings. The van der Waals surface area contributed by atoms with Crippen LogP contribution >= 0.6 is 12.6 Å². The predicted molar refractivity (Wildman–Crippen MR) is 80.6 cm³/mol. The Morgan fingerprint density at radius 2 is 2.17 bits per heavy atom. The van der Waals surface area contributed by atoms with E-state index in [-0.39, 0.29) is 11.3 Å². The molecular weight excluding hydrogens is 242 g/mol. The Balaban J connectivity index is 2.53. The zero-order valence-electron chi connectivity index (χ0n) is 11.4. The van der Waals surface area contributed by atoms with E-state index in [1.807, 2.05) is 18.0 Å². The molecule has 18 heavy (non-hydrogen) atoms. The molecule has 0 unspecified atom stereocenters. The van der Waals surface area contributed by atoms with Crippen molar-refractivity contribution in [2.45, 2.75) is 32.6 Å². The molecule has 1 rings (SSSR count). The van der Waals surface area contributed by atoms with Gasteiger partial charge in [0.15, 0.2) is 0 Å². The molecule has 1 saturated carbocycles. The minimum atomic E-state index is -0.176. The van der Waals surface area contributed by atoms with Crippen LogP contribution in [0, 0.1) is 5.41 Å². The van der Waals surface area contributed by atoms with E-state index in [2.05, 4.69) is 32.7 Å². The first-order valence-electron chi connectivity index (χ1n) is 6.38. The van der Waals surface area contributed by atoms with Crippen LogP contribution in [-0.4, -0.2) is 24.4 Å². The summed E-state index contributed by atoms with van der Waals surface area (Å²) in [5, 5.41) is 0. The van der Waals surface area contributed by atoms with Gasteiger partial charge in [-0.05, 0) is 30.6 Å². The summed E-state index contributed by atoms with van der Waals surface area (Å²) in [4.78, 5) is 15.2. The van der Waals surface area contributed by atoms with E-state index in [0.717, 1.165) is 30.6 Å². The summed E-state index contributed by atoms with van der Waals surface area (Å²) in [6.07, 6.45) is 6.95. The van der Waals surface area contributed by atoms with Crippen molar-refractivity contribution in [2.24, 2.45) is 5.41 Å². The average molecular weight is 265 g/mol. The van der Waals surface area contributed by atoms with Crippen molar-refractivity contribution >= 4 is 18.5 Å². The highest BCUT2D eigenvalue weighted by Crippen LogP contribution is 2.48. The molecule has 0 aromatic rings. The van der Waals surface area contributed by atoms with Gasteiger partial charge in [-0.25, -0.2) is 0 Å². The van der Waals surface area contributed by atoms with Crippen LogP contribution in [0.4, 0.5) is 0 Å². The van der Waals surface area contributed by atoms with Gasteiger partial charge in [0, 0.05) is 13.6 Å². The summed E-state index contributed by atoms with van der Waals surface area (Å²) in [6, 6.07) is 0. The van der Waals surface area contributed by atoms with Gasteiger partial charge in [-0.3, -0.25) is 4.79 Å². The zero-order valence-corrected chi connectivity index (χ0v) is 12.3. The molecule has 0 heterocycles. The molecule has 0 spiro atoms. The summed E-state index contributed by atoms with van der Waals surface area (Å²) in [7, 11) is 1.87. The van der Waals surface area contributed by atoms with E-state index in [1.165, 1.54) is 5.57 Å². The Hall–Kier alpha value is -0.960. The summed E-state index contributed by atoms with van der Waals surface area (Å²) in [5.41, 5.74) is 1.02. The molecule has 0 bridgehead atoms. The summed E-state index contributed by atoms with van der Waals surface area (Å²) in [6.45, 7) is 10.4. The molecule has 2 nitrogen and oxygen atoms in total. The van der Waals surface area contributed by atoms with E-state index >= 15 is 0 Å². The van der Waals surface area contributed by atoms with Gasteiger partial charge in [0.2, 0.25) is 5.91 Å². The van der Waals surface area contributed by atoms with Gasteiger partial charge in [0.25, 0.3) is 0 Å². The fourth-order valence-corrected chi connectivity index (χ4v) is 2.67. The van der Waals surface area contributed by atoms with Gasteiger partial charge in [0.05, 0.1) is 5.41 Å². The molecule has 1 fully saturated rings. The fourth-order valence-electron chi connectivity index (χ4n) is 2.47. The number of allylic oxidation sites excluding steroid dienone is 3. The Kier molecular flexibility index (Phi) is 5.27. The number of hydrogen-bond acceptors (Lipinski definition) is 2. The first-order valence-corrected chi connectivity index (χ1v) is 6.82. The van der Waals surface area contributed by atoms with Gasteiger partial charge in [-0.2, -0.15) is 0 Å². The van der Waals surface area contributed by atoms with Crippen LogP contribution in [0.1, 0.15) is 32.6 Å². The molecular formula is C15H23NOS. The van der Waals surface area contributed by atoms with E-state index in [0.29, 0.717) is 6.54 Å². The van der Waals surface area contributed by atoms with Gasteiger partial charge >= 0.3 is 0 Å². The van der Waals surface area contributed by atoms with Crippen LogP contribution in [0.15, 0.2) is 35.8 Å². The monoisotopic (exact) mass is 265 g/mol. The number of rotatable bonds is 6. The lowest BCUT2D eigenvalue weighted by Gasteiger charge is -2.43. The number of nitrogens with zero attached hydrogens (tertiary/aromatic N) is 1. The van der Waals surface area contributed by atoms with E-state index in [1.54, 1.807) is 6.08 Å². The van der Waals surface area contributed by atoms with Crippen LogP contribution in [0.5, 0.6) is 0 Å². The average Bonchev–Trinajstić information content (AvgIpc) is 2.31. The van der Waals surface area contributed by atoms with E-state index in [4.69, 9.17) is 0 Å². The third kappa shape index (κ3) is 3.29. The summed E-state index contributed by atoms with van der Waals surface area (Å²) >= 11 is 4.34. The highest BCUT2D eigenvalue weighted by atomic mass is 32.1. The molecule has 100 valence electrons. The van der Waals surface area contributed by atoms with Crippen molar-refractivity contribution in [1.82, 2.24) is 4.90 Å². The highest BCUT2D eigenvalue weighted by Gasteiger charge is 2.45. The quantitative estimate of drug-likeness (QED) is 0.442. The van der Waals surface area contributed by atoms with Crippen molar-refractivity contribution < 1.29 is 4.79 Å². The number of carbonyl (C=O) groups is 1. The molecule has 0 aliphatic heterocycles. The highest BCUT2D eigenvalue weighted by molar-refractivity contribution is 7.84. The maximum atomic E-state index is 12.4. The molecule has 0 aromatic heterocycles. The van der Waals surface area contributed by atoms with Crippen LogP contribution in [-0.2, 0) is 4.79 Å². The summed E-state index contributed by atoms with van der Waals surface area (Å²) in [5.74, 6) is 0.247. The van der Waals surface area contributed by atoms with Crippen molar-refractivity contribution in [2.75, 3.05) is 13.6 Å².